The van der Waals surface area contributed by atoms with Crippen LogP contribution in [-0.2, 0) is 15.8 Å². The van der Waals surface area contributed by atoms with Crippen LogP contribution in [0.2, 0.25) is 15.1 Å². The second-order valence-corrected chi connectivity index (χ2v) is 7.06. The summed E-state index contributed by atoms with van der Waals surface area (Å²) in [7, 11) is -3.85. The molecule has 0 aliphatic rings. The zero-order valence-corrected chi connectivity index (χ0v) is 13.4. The predicted molar refractivity (Wildman–Crippen MR) is 83.6 cm³/mol. The molecule has 1 aromatic heterocycles. The van der Waals surface area contributed by atoms with Crippen LogP contribution in [0.25, 0.3) is 0 Å². The van der Waals surface area contributed by atoms with Crippen molar-refractivity contribution in [2.75, 3.05) is 4.72 Å². The summed E-state index contributed by atoms with van der Waals surface area (Å²) in [4.78, 5) is 3.71. The zero-order chi connectivity index (χ0) is 15.6. The van der Waals surface area contributed by atoms with E-state index in [0.717, 1.165) is 0 Å². The number of aromatic nitrogens is 1. The summed E-state index contributed by atoms with van der Waals surface area (Å²) in [5, 5.41) is 10.3. The number of halogens is 3. The number of aromatic hydroxyl groups is 1. The van der Waals surface area contributed by atoms with E-state index in [1.54, 1.807) is 6.07 Å². The van der Waals surface area contributed by atoms with Crippen LogP contribution in [0.5, 0.6) is 5.75 Å². The van der Waals surface area contributed by atoms with Crippen molar-refractivity contribution in [2.24, 2.45) is 0 Å². The van der Waals surface area contributed by atoms with E-state index in [1.165, 1.54) is 24.4 Å². The number of benzene rings is 1. The van der Waals surface area contributed by atoms with E-state index in [-0.39, 0.29) is 32.2 Å². The minimum absolute atomic E-state index is 0.185. The van der Waals surface area contributed by atoms with Crippen molar-refractivity contribution in [2.45, 2.75) is 5.75 Å². The molecule has 1 heterocycles. The molecule has 0 spiro atoms. The van der Waals surface area contributed by atoms with Gasteiger partial charge in [-0.2, -0.15) is 0 Å². The lowest BCUT2D eigenvalue weighted by Crippen LogP contribution is -2.16. The van der Waals surface area contributed by atoms with E-state index >= 15 is 0 Å². The highest BCUT2D eigenvalue weighted by molar-refractivity contribution is 7.91. The monoisotopic (exact) mass is 366 g/mol. The molecule has 0 amide bonds. The van der Waals surface area contributed by atoms with Crippen LogP contribution in [0.15, 0.2) is 30.5 Å². The van der Waals surface area contributed by atoms with Gasteiger partial charge in [0.2, 0.25) is 10.0 Å². The second kappa shape index (κ2) is 6.27. The molecule has 0 fully saturated rings. The van der Waals surface area contributed by atoms with Gasteiger partial charge in [-0.3, -0.25) is 4.72 Å². The quantitative estimate of drug-likeness (QED) is 0.864. The number of nitrogens with one attached hydrogen (secondary N) is 1. The van der Waals surface area contributed by atoms with Gasteiger partial charge in [0.1, 0.15) is 0 Å². The zero-order valence-electron chi connectivity index (χ0n) is 10.3. The SMILES string of the molecule is O=S(=O)(Cc1c(Cl)cccc1Cl)Nc1ncc(Cl)cc1O. The minimum atomic E-state index is -3.85. The van der Waals surface area contributed by atoms with Gasteiger partial charge in [-0.05, 0) is 12.1 Å². The average Bonchev–Trinajstić information content (AvgIpc) is 2.37. The van der Waals surface area contributed by atoms with E-state index in [0.29, 0.717) is 0 Å². The Morgan fingerprint density at radius 1 is 1.19 bits per heavy atom. The van der Waals surface area contributed by atoms with Crippen molar-refractivity contribution in [1.82, 2.24) is 4.98 Å². The maximum absolute atomic E-state index is 12.1. The Balaban J connectivity index is 2.27. The molecule has 0 bridgehead atoms. The molecular formula is C12H9Cl3N2O3S. The van der Waals surface area contributed by atoms with E-state index in [4.69, 9.17) is 34.8 Å². The summed E-state index contributed by atoms with van der Waals surface area (Å²) in [6.45, 7) is 0. The second-order valence-electron chi connectivity index (χ2n) is 4.08. The third-order valence-electron chi connectivity index (χ3n) is 2.48. The molecule has 0 radical (unpaired) electrons. The Kier molecular flexibility index (Phi) is 4.83. The third-order valence-corrected chi connectivity index (χ3v) is 4.57. The van der Waals surface area contributed by atoms with Crippen LogP contribution < -0.4 is 4.72 Å². The molecule has 21 heavy (non-hydrogen) atoms. The van der Waals surface area contributed by atoms with E-state index < -0.39 is 15.8 Å². The van der Waals surface area contributed by atoms with Gasteiger partial charge in [0, 0.05) is 27.9 Å². The minimum Gasteiger partial charge on any atom is -0.504 e. The molecule has 0 saturated carbocycles. The van der Waals surface area contributed by atoms with Crippen molar-refractivity contribution in [3.8, 4) is 5.75 Å². The molecule has 2 N–H and O–H groups in total. The van der Waals surface area contributed by atoms with Crippen molar-refractivity contribution in [1.29, 1.82) is 0 Å². The molecule has 0 unspecified atom stereocenters. The van der Waals surface area contributed by atoms with E-state index in [2.05, 4.69) is 9.71 Å². The number of pyridine rings is 1. The lowest BCUT2D eigenvalue weighted by atomic mass is 10.2. The van der Waals surface area contributed by atoms with Gasteiger partial charge in [0.25, 0.3) is 0 Å². The number of hydrogen-bond acceptors (Lipinski definition) is 4. The van der Waals surface area contributed by atoms with Gasteiger partial charge < -0.3 is 5.11 Å². The van der Waals surface area contributed by atoms with Crippen LogP contribution in [0.3, 0.4) is 0 Å². The van der Waals surface area contributed by atoms with Crippen LogP contribution >= 0.6 is 34.8 Å². The maximum Gasteiger partial charge on any atom is 0.238 e. The van der Waals surface area contributed by atoms with Crippen molar-refractivity contribution in [3.63, 3.8) is 0 Å². The lowest BCUT2D eigenvalue weighted by Gasteiger charge is -2.10. The Morgan fingerprint density at radius 3 is 2.38 bits per heavy atom. The molecule has 0 aliphatic heterocycles. The smallest absolute Gasteiger partial charge is 0.238 e. The van der Waals surface area contributed by atoms with E-state index in [1.807, 2.05) is 0 Å². The molecule has 0 atom stereocenters. The van der Waals surface area contributed by atoms with Gasteiger partial charge in [-0.25, -0.2) is 13.4 Å². The fraction of sp³-hybridized carbons (Fsp3) is 0.0833. The Bertz CT molecular complexity index is 761. The normalized spacial score (nSPS) is 11.4. The molecule has 1 aromatic carbocycles. The summed E-state index contributed by atoms with van der Waals surface area (Å²) < 4.78 is 26.3. The van der Waals surface area contributed by atoms with E-state index in [9.17, 15) is 13.5 Å². The first-order chi connectivity index (χ1) is 9.78. The first-order valence-corrected chi connectivity index (χ1v) is 8.35. The Labute approximate surface area is 136 Å². The Morgan fingerprint density at radius 2 is 1.81 bits per heavy atom. The van der Waals surface area contributed by atoms with Crippen molar-refractivity contribution < 1.29 is 13.5 Å². The lowest BCUT2D eigenvalue weighted by molar-refractivity contribution is 0.475. The Hall–Kier alpha value is -1.21. The highest BCUT2D eigenvalue weighted by Crippen LogP contribution is 2.28. The van der Waals surface area contributed by atoms with Gasteiger partial charge in [0.05, 0.1) is 10.8 Å². The van der Waals surface area contributed by atoms with Gasteiger partial charge in [0.15, 0.2) is 11.6 Å². The fourth-order valence-electron chi connectivity index (χ4n) is 1.55. The van der Waals surface area contributed by atoms with Gasteiger partial charge in [-0.1, -0.05) is 40.9 Å². The first-order valence-electron chi connectivity index (χ1n) is 5.56. The number of hydrogen-bond donors (Lipinski definition) is 2. The highest BCUT2D eigenvalue weighted by atomic mass is 35.5. The van der Waals surface area contributed by atoms with Crippen LogP contribution in [0.4, 0.5) is 5.82 Å². The summed E-state index contributed by atoms with van der Waals surface area (Å²) in [6, 6.07) is 5.86. The topological polar surface area (TPSA) is 79.3 Å². The molecule has 5 nitrogen and oxygen atoms in total. The molecular weight excluding hydrogens is 359 g/mol. The molecule has 0 aliphatic carbocycles. The highest BCUT2D eigenvalue weighted by Gasteiger charge is 2.18. The average molecular weight is 368 g/mol. The summed E-state index contributed by atoms with van der Waals surface area (Å²) in [5.41, 5.74) is 0.266. The number of anilines is 1. The largest absolute Gasteiger partial charge is 0.504 e. The fourth-order valence-corrected chi connectivity index (χ4v) is 3.61. The molecule has 9 heteroatoms. The van der Waals surface area contributed by atoms with Crippen LogP contribution in [0.1, 0.15) is 5.56 Å². The number of sulfonamides is 1. The number of rotatable bonds is 4. The van der Waals surface area contributed by atoms with Gasteiger partial charge >= 0.3 is 0 Å². The summed E-state index contributed by atoms with van der Waals surface area (Å²) in [6.07, 6.45) is 1.21. The third kappa shape index (κ3) is 4.14. The first kappa shape index (κ1) is 16.2. The molecule has 112 valence electrons. The summed E-state index contributed by atoms with van der Waals surface area (Å²) >= 11 is 17.5. The molecule has 2 aromatic rings. The summed E-state index contributed by atoms with van der Waals surface area (Å²) in [5.74, 6) is -1.05. The standard InChI is InChI=1S/C12H9Cl3N2O3S/c13-7-4-11(18)12(16-5-7)17-21(19,20)6-8-9(14)2-1-3-10(8)15/h1-5,18H,6H2,(H,16,17). The van der Waals surface area contributed by atoms with Crippen molar-refractivity contribution in [3.05, 3.63) is 51.1 Å². The van der Waals surface area contributed by atoms with Gasteiger partial charge in [-0.15, -0.1) is 0 Å². The number of nitrogens with zero attached hydrogens (tertiary/aromatic N) is 1. The van der Waals surface area contributed by atoms with Crippen LogP contribution in [-0.4, -0.2) is 18.5 Å². The molecule has 0 saturated heterocycles. The maximum atomic E-state index is 12.1. The van der Waals surface area contributed by atoms with Crippen molar-refractivity contribution >= 4 is 50.6 Å². The molecule has 2 rings (SSSR count). The predicted octanol–water partition coefficient (Wildman–Crippen LogP) is 3.69. The van der Waals surface area contributed by atoms with Crippen LogP contribution in [0, 0.1) is 0 Å².